The minimum absolute atomic E-state index is 0.148. The van der Waals surface area contributed by atoms with Gasteiger partial charge in [0.05, 0.1) is 11.6 Å². The average molecular weight is 229 g/mol. The van der Waals surface area contributed by atoms with E-state index in [-0.39, 0.29) is 18.3 Å². The standard InChI is InChI=1S/C14H15NO2/c1-9-5-12(6-10(2)13(9)7-15)17-8-14(16)11-3-4-11/h5-6,11H,3-4,8H2,1-2H3. The topological polar surface area (TPSA) is 50.1 Å². The number of hydrogen-bond donors (Lipinski definition) is 0. The Hall–Kier alpha value is -1.82. The normalized spacial score (nSPS) is 14.2. The predicted octanol–water partition coefficient (Wildman–Crippen LogP) is 2.53. The zero-order chi connectivity index (χ0) is 12.4. The second-order valence-corrected chi connectivity index (χ2v) is 4.57. The van der Waals surface area contributed by atoms with E-state index in [0.717, 1.165) is 24.0 Å². The lowest BCUT2D eigenvalue weighted by atomic mass is 10.0. The Balaban J connectivity index is 2.06. The highest BCUT2D eigenvalue weighted by Gasteiger charge is 2.29. The van der Waals surface area contributed by atoms with Gasteiger partial charge in [0.2, 0.25) is 0 Å². The molecule has 0 unspecified atom stereocenters. The van der Waals surface area contributed by atoms with Crippen LogP contribution in [-0.2, 0) is 4.79 Å². The molecule has 88 valence electrons. The molecule has 0 N–H and O–H groups in total. The van der Waals surface area contributed by atoms with Gasteiger partial charge in [0, 0.05) is 5.92 Å². The lowest BCUT2D eigenvalue weighted by molar-refractivity contribution is -0.122. The molecule has 0 radical (unpaired) electrons. The molecule has 1 saturated carbocycles. The van der Waals surface area contributed by atoms with E-state index >= 15 is 0 Å². The van der Waals surface area contributed by atoms with Crippen LogP contribution in [0.15, 0.2) is 12.1 Å². The number of benzene rings is 1. The van der Waals surface area contributed by atoms with Crippen LogP contribution in [0.5, 0.6) is 5.75 Å². The number of Topliss-reactive ketones (excluding diaryl/α,β-unsaturated/α-hetero) is 1. The summed E-state index contributed by atoms with van der Waals surface area (Å²) in [6.07, 6.45) is 2.02. The molecule has 0 saturated heterocycles. The summed E-state index contributed by atoms with van der Waals surface area (Å²) in [6.45, 7) is 3.90. The third-order valence-corrected chi connectivity index (χ3v) is 3.03. The van der Waals surface area contributed by atoms with Crippen LogP contribution in [-0.4, -0.2) is 12.4 Å². The van der Waals surface area contributed by atoms with Crippen LogP contribution in [0.4, 0.5) is 0 Å². The molecule has 1 aromatic carbocycles. The summed E-state index contributed by atoms with van der Waals surface area (Å²) in [7, 11) is 0. The Labute approximate surface area is 101 Å². The number of carbonyl (C=O) groups is 1. The zero-order valence-corrected chi connectivity index (χ0v) is 10.1. The molecule has 3 nitrogen and oxygen atoms in total. The van der Waals surface area contributed by atoms with Gasteiger partial charge >= 0.3 is 0 Å². The van der Waals surface area contributed by atoms with Crippen molar-refractivity contribution in [2.45, 2.75) is 26.7 Å². The van der Waals surface area contributed by atoms with Gasteiger partial charge in [-0.3, -0.25) is 4.79 Å². The Morgan fingerprint density at radius 1 is 1.41 bits per heavy atom. The van der Waals surface area contributed by atoms with Crippen LogP contribution in [0.25, 0.3) is 0 Å². The second kappa shape index (κ2) is 4.58. The van der Waals surface area contributed by atoms with Gasteiger partial charge < -0.3 is 4.74 Å². The molecule has 1 aliphatic carbocycles. The van der Waals surface area contributed by atoms with E-state index in [0.29, 0.717) is 11.3 Å². The Morgan fingerprint density at radius 3 is 2.47 bits per heavy atom. The van der Waals surface area contributed by atoms with Crippen molar-refractivity contribution in [1.29, 1.82) is 5.26 Å². The minimum atomic E-state index is 0.148. The first kappa shape index (κ1) is 11.7. The molecule has 0 heterocycles. The third kappa shape index (κ3) is 2.65. The van der Waals surface area contributed by atoms with Crippen LogP contribution in [0.3, 0.4) is 0 Å². The highest BCUT2D eigenvalue weighted by atomic mass is 16.5. The van der Waals surface area contributed by atoms with E-state index in [4.69, 9.17) is 10.00 Å². The molecular weight excluding hydrogens is 214 g/mol. The van der Waals surface area contributed by atoms with Crippen molar-refractivity contribution < 1.29 is 9.53 Å². The molecule has 1 fully saturated rings. The molecule has 0 aromatic heterocycles. The number of rotatable bonds is 4. The van der Waals surface area contributed by atoms with E-state index in [1.807, 2.05) is 26.0 Å². The highest BCUT2D eigenvalue weighted by Crippen LogP contribution is 2.30. The van der Waals surface area contributed by atoms with Crippen LogP contribution in [0, 0.1) is 31.1 Å². The predicted molar refractivity (Wildman–Crippen MR) is 63.9 cm³/mol. The maximum absolute atomic E-state index is 11.5. The molecule has 0 bridgehead atoms. The molecular formula is C14H15NO2. The van der Waals surface area contributed by atoms with Gasteiger partial charge in [0.1, 0.15) is 12.4 Å². The zero-order valence-electron chi connectivity index (χ0n) is 10.1. The van der Waals surface area contributed by atoms with Gasteiger partial charge in [-0.25, -0.2) is 0 Å². The fourth-order valence-electron chi connectivity index (χ4n) is 1.86. The van der Waals surface area contributed by atoms with Crippen molar-refractivity contribution in [3.8, 4) is 11.8 Å². The fourth-order valence-corrected chi connectivity index (χ4v) is 1.86. The maximum atomic E-state index is 11.5. The number of aryl methyl sites for hydroxylation is 2. The van der Waals surface area contributed by atoms with Gasteiger partial charge in [-0.2, -0.15) is 5.26 Å². The van der Waals surface area contributed by atoms with Crippen molar-refractivity contribution >= 4 is 5.78 Å². The number of ether oxygens (including phenoxy) is 1. The Bertz CT molecular complexity index is 472. The first-order valence-corrected chi connectivity index (χ1v) is 5.78. The molecule has 0 amide bonds. The molecule has 1 aliphatic rings. The molecule has 2 rings (SSSR count). The Kier molecular flexibility index (Phi) is 3.14. The van der Waals surface area contributed by atoms with Gasteiger partial charge in [0.25, 0.3) is 0 Å². The van der Waals surface area contributed by atoms with E-state index in [1.54, 1.807) is 0 Å². The minimum Gasteiger partial charge on any atom is -0.486 e. The Morgan fingerprint density at radius 2 is 2.00 bits per heavy atom. The smallest absolute Gasteiger partial charge is 0.173 e. The summed E-state index contributed by atoms with van der Waals surface area (Å²) in [4.78, 5) is 11.5. The fraction of sp³-hybridized carbons (Fsp3) is 0.429. The lowest BCUT2D eigenvalue weighted by Crippen LogP contribution is -2.13. The molecule has 3 heteroatoms. The number of nitriles is 1. The highest BCUT2D eigenvalue weighted by molar-refractivity contribution is 5.84. The van der Waals surface area contributed by atoms with Crippen LogP contribution in [0.1, 0.15) is 29.5 Å². The largest absolute Gasteiger partial charge is 0.486 e. The third-order valence-electron chi connectivity index (χ3n) is 3.03. The van der Waals surface area contributed by atoms with Crippen molar-refractivity contribution in [2.24, 2.45) is 5.92 Å². The number of nitrogens with zero attached hydrogens (tertiary/aromatic N) is 1. The van der Waals surface area contributed by atoms with Crippen molar-refractivity contribution in [2.75, 3.05) is 6.61 Å². The summed E-state index contributed by atoms with van der Waals surface area (Å²) in [6, 6.07) is 5.78. The van der Waals surface area contributed by atoms with E-state index in [9.17, 15) is 4.79 Å². The van der Waals surface area contributed by atoms with Crippen LogP contribution >= 0.6 is 0 Å². The summed E-state index contributed by atoms with van der Waals surface area (Å²) in [5.74, 6) is 1.09. The number of carbonyl (C=O) groups excluding carboxylic acids is 1. The summed E-state index contributed by atoms with van der Waals surface area (Å²) in [5, 5.41) is 8.94. The molecule has 0 spiro atoms. The van der Waals surface area contributed by atoms with E-state index in [2.05, 4.69) is 6.07 Å². The average Bonchev–Trinajstić information content (AvgIpc) is 3.09. The monoisotopic (exact) mass is 229 g/mol. The van der Waals surface area contributed by atoms with Crippen LogP contribution < -0.4 is 4.74 Å². The quantitative estimate of drug-likeness (QED) is 0.797. The van der Waals surface area contributed by atoms with Gasteiger partial charge in [-0.1, -0.05) is 0 Å². The second-order valence-electron chi connectivity index (χ2n) is 4.57. The molecule has 0 atom stereocenters. The first-order valence-electron chi connectivity index (χ1n) is 5.78. The first-order chi connectivity index (χ1) is 8.11. The number of ketones is 1. The molecule has 17 heavy (non-hydrogen) atoms. The maximum Gasteiger partial charge on any atom is 0.173 e. The van der Waals surface area contributed by atoms with Gasteiger partial charge in [-0.15, -0.1) is 0 Å². The van der Waals surface area contributed by atoms with Crippen molar-refractivity contribution in [1.82, 2.24) is 0 Å². The van der Waals surface area contributed by atoms with E-state index in [1.165, 1.54) is 0 Å². The van der Waals surface area contributed by atoms with Gasteiger partial charge in [0.15, 0.2) is 5.78 Å². The lowest BCUT2D eigenvalue weighted by Gasteiger charge is -2.09. The summed E-state index contributed by atoms with van der Waals surface area (Å²) < 4.78 is 5.47. The molecule has 0 aliphatic heterocycles. The summed E-state index contributed by atoms with van der Waals surface area (Å²) >= 11 is 0. The van der Waals surface area contributed by atoms with Crippen LogP contribution in [0.2, 0.25) is 0 Å². The SMILES string of the molecule is Cc1cc(OCC(=O)C2CC2)cc(C)c1C#N. The van der Waals surface area contributed by atoms with Crippen molar-refractivity contribution in [3.63, 3.8) is 0 Å². The van der Waals surface area contributed by atoms with E-state index < -0.39 is 0 Å². The molecule has 1 aromatic rings. The van der Waals surface area contributed by atoms with Crippen molar-refractivity contribution in [3.05, 3.63) is 28.8 Å². The number of hydrogen-bond acceptors (Lipinski definition) is 3. The van der Waals surface area contributed by atoms with Gasteiger partial charge in [-0.05, 0) is 49.9 Å². The summed E-state index contributed by atoms with van der Waals surface area (Å²) in [5.41, 5.74) is 2.47.